The zero-order valence-electron chi connectivity index (χ0n) is 22.0. The third kappa shape index (κ3) is 3.98. The lowest BCUT2D eigenvalue weighted by molar-refractivity contribution is 1.19. The Morgan fingerprint density at radius 2 is 1.65 bits per heavy atom. The number of nitrogens with zero attached hydrogens (tertiary/aromatic N) is 5. The van der Waals surface area contributed by atoms with Crippen LogP contribution >= 0.6 is 0 Å². The Hall–Kier alpha value is -5.36. The molecule has 0 unspecified atom stereocenters. The quantitative estimate of drug-likeness (QED) is 0.247. The fraction of sp³-hybridized carbons (Fsp3) is 0.0588. The number of imidazole rings is 1. The SMILES string of the molecule is C/C=C(\C=C/N)c1cc(-c2ccc(-c3nc4c(nc5ccccn54)c4ccccc34)cc2)cc(C2=CCN=C2)n1. The largest absolute Gasteiger partial charge is 0.405 e. The first-order valence-electron chi connectivity index (χ1n) is 13.3. The number of hydrogen-bond donors (Lipinski definition) is 1. The molecule has 2 aromatic carbocycles. The summed E-state index contributed by atoms with van der Waals surface area (Å²) in [6.45, 7) is 2.68. The second-order valence-electron chi connectivity index (χ2n) is 9.68. The molecule has 0 atom stereocenters. The van der Waals surface area contributed by atoms with Gasteiger partial charge in [0.15, 0.2) is 5.65 Å². The molecule has 6 heteroatoms. The lowest BCUT2D eigenvalue weighted by atomic mass is 9.97. The first-order valence-corrected chi connectivity index (χ1v) is 13.3. The molecule has 192 valence electrons. The van der Waals surface area contributed by atoms with Crippen molar-refractivity contribution < 1.29 is 0 Å². The summed E-state index contributed by atoms with van der Waals surface area (Å²) in [5.74, 6) is 0. The molecule has 1 aliphatic heterocycles. The maximum atomic E-state index is 5.73. The van der Waals surface area contributed by atoms with E-state index in [1.807, 2.05) is 49.7 Å². The van der Waals surface area contributed by atoms with Crippen LogP contribution in [0.15, 0.2) is 114 Å². The Labute approximate surface area is 231 Å². The molecule has 40 heavy (non-hydrogen) atoms. The molecule has 0 aliphatic carbocycles. The van der Waals surface area contributed by atoms with Crippen molar-refractivity contribution in [3.63, 3.8) is 0 Å². The zero-order valence-corrected chi connectivity index (χ0v) is 22.0. The average molecular weight is 519 g/mol. The van der Waals surface area contributed by atoms with Crippen molar-refractivity contribution in [1.29, 1.82) is 0 Å². The van der Waals surface area contributed by atoms with Crippen molar-refractivity contribution in [1.82, 2.24) is 19.4 Å². The first-order chi connectivity index (χ1) is 19.7. The Morgan fingerprint density at radius 3 is 2.42 bits per heavy atom. The normalized spacial score (nSPS) is 13.7. The van der Waals surface area contributed by atoms with Gasteiger partial charge < -0.3 is 5.73 Å². The highest BCUT2D eigenvalue weighted by molar-refractivity contribution is 6.11. The van der Waals surface area contributed by atoms with E-state index in [0.717, 1.165) is 72.5 Å². The summed E-state index contributed by atoms with van der Waals surface area (Å²) in [5, 5.41) is 2.18. The van der Waals surface area contributed by atoms with Crippen LogP contribution < -0.4 is 5.73 Å². The standard InChI is InChI=1S/C34H26N6/c1-2-22(14-16-35)29-19-26(20-30(37-29)25-15-17-36-21-25)23-10-12-24(13-11-23)32-27-7-3-4-8-28(27)33-34(39-32)40-18-6-5-9-31(40)38-33/h2-16,18-21H,17,35H2,1H3/b16-14-,22-2+. The number of aromatic nitrogens is 4. The van der Waals surface area contributed by atoms with Gasteiger partial charge in [-0.25, -0.2) is 15.0 Å². The molecule has 0 saturated carbocycles. The summed E-state index contributed by atoms with van der Waals surface area (Å²) >= 11 is 0. The Bertz CT molecular complexity index is 2040. The molecule has 0 amide bonds. The smallest absolute Gasteiger partial charge is 0.165 e. The zero-order chi connectivity index (χ0) is 27.1. The second-order valence-corrected chi connectivity index (χ2v) is 9.68. The van der Waals surface area contributed by atoms with Crippen LogP contribution in [0, 0.1) is 0 Å². The number of nitrogens with two attached hydrogens (primary N) is 1. The van der Waals surface area contributed by atoms with Crippen LogP contribution in [0.25, 0.3) is 61.1 Å². The predicted molar refractivity (Wildman–Crippen MR) is 165 cm³/mol. The van der Waals surface area contributed by atoms with E-state index in [-0.39, 0.29) is 0 Å². The summed E-state index contributed by atoms with van der Waals surface area (Å²) in [7, 11) is 0. The minimum atomic E-state index is 0.683. The molecule has 0 spiro atoms. The van der Waals surface area contributed by atoms with Crippen LogP contribution in [0.5, 0.6) is 0 Å². The van der Waals surface area contributed by atoms with E-state index in [4.69, 9.17) is 20.7 Å². The summed E-state index contributed by atoms with van der Waals surface area (Å²) < 4.78 is 2.05. The van der Waals surface area contributed by atoms with E-state index in [0.29, 0.717) is 6.54 Å². The number of pyridine rings is 3. The van der Waals surface area contributed by atoms with Gasteiger partial charge in [0.05, 0.1) is 23.6 Å². The third-order valence-corrected chi connectivity index (χ3v) is 7.30. The molecular weight excluding hydrogens is 492 g/mol. The molecular formula is C34H26N6. The van der Waals surface area contributed by atoms with Gasteiger partial charge in [0.25, 0.3) is 0 Å². The summed E-state index contributed by atoms with van der Waals surface area (Å²) in [6, 6.07) is 27.2. The number of rotatable bonds is 5. The molecule has 2 N–H and O–H groups in total. The molecule has 0 fully saturated rings. The molecule has 0 bridgehead atoms. The average Bonchev–Trinajstić information content (AvgIpc) is 3.68. The minimum Gasteiger partial charge on any atom is -0.405 e. The van der Waals surface area contributed by atoms with Gasteiger partial charge in [-0.15, -0.1) is 0 Å². The lowest BCUT2D eigenvalue weighted by Crippen LogP contribution is -1.97. The maximum Gasteiger partial charge on any atom is 0.165 e. The number of benzene rings is 2. The van der Waals surface area contributed by atoms with Gasteiger partial charge in [0.1, 0.15) is 11.2 Å². The van der Waals surface area contributed by atoms with Gasteiger partial charge in [0.2, 0.25) is 0 Å². The van der Waals surface area contributed by atoms with Crippen LogP contribution in [0.4, 0.5) is 0 Å². The molecule has 5 heterocycles. The number of aliphatic imine (C=N–C) groups is 1. The van der Waals surface area contributed by atoms with E-state index in [1.54, 1.807) is 6.20 Å². The molecule has 1 aliphatic rings. The fourth-order valence-electron chi connectivity index (χ4n) is 5.32. The van der Waals surface area contributed by atoms with Gasteiger partial charge in [-0.2, -0.15) is 0 Å². The Kier molecular flexibility index (Phi) is 5.78. The van der Waals surface area contributed by atoms with Crippen LogP contribution in [0.2, 0.25) is 0 Å². The summed E-state index contributed by atoms with van der Waals surface area (Å²) in [6.07, 6.45) is 11.4. The van der Waals surface area contributed by atoms with E-state index in [1.165, 1.54) is 0 Å². The van der Waals surface area contributed by atoms with Gasteiger partial charge in [-0.3, -0.25) is 9.39 Å². The van der Waals surface area contributed by atoms with Crippen molar-refractivity contribution in [2.45, 2.75) is 6.92 Å². The van der Waals surface area contributed by atoms with E-state index >= 15 is 0 Å². The second kappa shape index (κ2) is 9.75. The Morgan fingerprint density at radius 1 is 0.850 bits per heavy atom. The molecule has 6 nitrogen and oxygen atoms in total. The molecule has 0 saturated heterocycles. The first kappa shape index (κ1) is 23.7. The van der Waals surface area contributed by atoms with Crippen molar-refractivity contribution in [2.24, 2.45) is 10.7 Å². The van der Waals surface area contributed by atoms with Crippen molar-refractivity contribution in [3.8, 4) is 22.4 Å². The van der Waals surface area contributed by atoms with Gasteiger partial charge in [-0.05, 0) is 60.2 Å². The van der Waals surface area contributed by atoms with Crippen LogP contribution in [0.1, 0.15) is 18.3 Å². The van der Waals surface area contributed by atoms with Crippen molar-refractivity contribution >= 4 is 44.9 Å². The van der Waals surface area contributed by atoms with Crippen LogP contribution in [-0.2, 0) is 0 Å². The topological polar surface area (TPSA) is 81.5 Å². The molecule has 6 aromatic rings. The maximum absolute atomic E-state index is 5.73. The van der Waals surface area contributed by atoms with E-state index in [9.17, 15) is 0 Å². The Balaban J connectivity index is 1.37. The highest BCUT2D eigenvalue weighted by Crippen LogP contribution is 2.34. The number of fused-ring (bicyclic) bond motifs is 5. The summed E-state index contributed by atoms with van der Waals surface area (Å²) in [4.78, 5) is 19.3. The van der Waals surface area contributed by atoms with Gasteiger partial charge >= 0.3 is 0 Å². The highest BCUT2D eigenvalue weighted by Gasteiger charge is 2.16. The van der Waals surface area contributed by atoms with Crippen LogP contribution in [0.3, 0.4) is 0 Å². The molecule has 0 radical (unpaired) electrons. The highest BCUT2D eigenvalue weighted by atomic mass is 15.1. The fourth-order valence-corrected chi connectivity index (χ4v) is 5.32. The van der Waals surface area contributed by atoms with Crippen molar-refractivity contribution in [3.05, 3.63) is 121 Å². The van der Waals surface area contributed by atoms with Crippen LogP contribution in [-0.4, -0.2) is 32.1 Å². The molecule has 4 aromatic heterocycles. The third-order valence-electron chi connectivity index (χ3n) is 7.30. The molecule has 7 rings (SSSR count). The van der Waals surface area contributed by atoms with Gasteiger partial charge in [0, 0.05) is 34.3 Å². The summed E-state index contributed by atoms with van der Waals surface area (Å²) in [5.41, 5.74) is 16.3. The number of hydrogen-bond acceptors (Lipinski definition) is 5. The van der Waals surface area contributed by atoms with Crippen molar-refractivity contribution in [2.75, 3.05) is 6.54 Å². The van der Waals surface area contributed by atoms with Gasteiger partial charge in [-0.1, -0.05) is 66.7 Å². The van der Waals surface area contributed by atoms with E-state index in [2.05, 4.69) is 76.1 Å². The predicted octanol–water partition coefficient (Wildman–Crippen LogP) is 7.11. The minimum absolute atomic E-state index is 0.683. The van der Waals surface area contributed by atoms with E-state index < -0.39 is 0 Å². The lowest BCUT2D eigenvalue weighted by Gasteiger charge is -2.12. The number of allylic oxidation sites excluding steroid dienone is 4. The monoisotopic (exact) mass is 518 g/mol.